The maximum absolute atomic E-state index is 4.96. The van der Waals surface area contributed by atoms with E-state index in [-0.39, 0.29) is 0 Å². The highest BCUT2D eigenvalue weighted by Crippen LogP contribution is 2.57. The van der Waals surface area contributed by atoms with Crippen LogP contribution in [0.1, 0.15) is 0 Å². The van der Waals surface area contributed by atoms with E-state index in [0.717, 1.165) is 11.1 Å². The van der Waals surface area contributed by atoms with Gasteiger partial charge in [-0.3, -0.25) is 4.98 Å². The van der Waals surface area contributed by atoms with Crippen LogP contribution in [-0.4, -0.2) is 4.98 Å². The molecule has 0 spiro atoms. The Hall–Kier alpha value is -6.83. The van der Waals surface area contributed by atoms with E-state index < -0.39 is 0 Å². The summed E-state index contributed by atoms with van der Waals surface area (Å²) >= 11 is 0. The Labute approximate surface area is 302 Å². The molecule has 1 aromatic heterocycles. The third-order valence-corrected chi connectivity index (χ3v) is 11.0. The van der Waals surface area contributed by atoms with E-state index >= 15 is 0 Å². The minimum absolute atomic E-state index is 1.01. The first-order valence-corrected chi connectivity index (χ1v) is 18.0. The van der Waals surface area contributed by atoms with Gasteiger partial charge in [-0.1, -0.05) is 170 Å². The van der Waals surface area contributed by atoms with E-state index in [4.69, 9.17) is 4.98 Å². The number of nitrogens with zero attached hydrogens (tertiary/aromatic N) is 1. The Morgan fingerprint density at radius 2 is 0.885 bits per heavy atom. The zero-order valence-electron chi connectivity index (χ0n) is 28.3. The monoisotopic (exact) mass is 657 g/mol. The van der Waals surface area contributed by atoms with E-state index in [0.29, 0.717) is 0 Å². The van der Waals surface area contributed by atoms with Gasteiger partial charge in [0.25, 0.3) is 0 Å². The van der Waals surface area contributed by atoms with Crippen molar-refractivity contribution in [3.05, 3.63) is 188 Å². The van der Waals surface area contributed by atoms with Gasteiger partial charge in [-0.2, -0.15) is 0 Å². The molecule has 0 unspecified atom stereocenters. The summed E-state index contributed by atoms with van der Waals surface area (Å²) < 4.78 is 0. The van der Waals surface area contributed by atoms with Crippen molar-refractivity contribution in [2.45, 2.75) is 0 Å². The Balaban J connectivity index is 1.10. The Morgan fingerprint density at radius 3 is 1.67 bits per heavy atom. The summed E-state index contributed by atoms with van der Waals surface area (Å²) in [5, 5.41) is 8.71. The largest absolute Gasteiger partial charge is 0.256 e. The van der Waals surface area contributed by atoms with Crippen molar-refractivity contribution >= 4 is 43.2 Å². The van der Waals surface area contributed by atoms with Crippen LogP contribution in [0.4, 0.5) is 0 Å². The van der Waals surface area contributed by atoms with Gasteiger partial charge in [-0.15, -0.1) is 0 Å². The first-order valence-electron chi connectivity index (χ1n) is 18.0. The number of fused-ring (bicyclic) bond motifs is 8. The molecule has 0 saturated heterocycles. The number of rotatable bonds is 4. The Bertz CT molecular complexity index is 3030. The summed E-state index contributed by atoms with van der Waals surface area (Å²) in [6.07, 6.45) is 2.04. The molecule has 1 heteroatoms. The fourth-order valence-electron chi connectivity index (χ4n) is 8.66. The first-order chi connectivity index (χ1) is 25.8. The molecule has 240 valence electrons. The van der Waals surface area contributed by atoms with Crippen LogP contribution in [-0.2, 0) is 0 Å². The van der Waals surface area contributed by atoms with E-state index in [2.05, 4.69) is 182 Å². The average Bonchev–Trinajstić information content (AvgIpc) is 3.56. The molecule has 1 heterocycles. The van der Waals surface area contributed by atoms with Crippen molar-refractivity contribution in [3.63, 3.8) is 0 Å². The highest BCUT2D eigenvalue weighted by molar-refractivity contribution is 6.23. The molecule has 52 heavy (non-hydrogen) atoms. The van der Waals surface area contributed by atoms with Crippen molar-refractivity contribution in [2.24, 2.45) is 0 Å². The van der Waals surface area contributed by atoms with Crippen LogP contribution in [0.3, 0.4) is 0 Å². The maximum atomic E-state index is 4.96. The summed E-state index contributed by atoms with van der Waals surface area (Å²) in [5.74, 6) is 0. The fourth-order valence-corrected chi connectivity index (χ4v) is 8.66. The molecule has 1 aliphatic carbocycles. The molecular formula is C51H31N. The molecule has 0 amide bonds. The van der Waals surface area contributed by atoms with Crippen LogP contribution in [0, 0.1) is 0 Å². The maximum Gasteiger partial charge on any atom is 0.0714 e. The second-order valence-corrected chi connectivity index (χ2v) is 13.9. The lowest BCUT2D eigenvalue weighted by Gasteiger charge is -2.21. The predicted octanol–water partition coefficient (Wildman–Crippen LogP) is 14.0. The van der Waals surface area contributed by atoms with E-state index in [1.165, 1.54) is 98.9 Å². The molecule has 0 atom stereocenters. The molecule has 0 bridgehead atoms. The van der Waals surface area contributed by atoms with Crippen molar-refractivity contribution in [1.29, 1.82) is 0 Å². The van der Waals surface area contributed by atoms with Crippen LogP contribution in [0.25, 0.3) is 110 Å². The topological polar surface area (TPSA) is 12.9 Å². The van der Waals surface area contributed by atoms with E-state index in [1.54, 1.807) is 0 Å². The molecule has 0 saturated carbocycles. The van der Waals surface area contributed by atoms with Gasteiger partial charge in [0.05, 0.1) is 5.52 Å². The zero-order valence-corrected chi connectivity index (χ0v) is 28.3. The lowest BCUT2D eigenvalue weighted by atomic mass is 9.82. The molecule has 0 radical (unpaired) electrons. The van der Waals surface area contributed by atoms with Crippen LogP contribution in [0.2, 0.25) is 0 Å². The number of hydrogen-bond acceptors (Lipinski definition) is 1. The zero-order chi connectivity index (χ0) is 34.2. The lowest BCUT2D eigenvalue weighted by molar-refractivity contribution is 1.45. The third kappa shape index (κ3) is 4.33. The summed E-state index contributed by atoms with van der Waals surface area (Å²) in [6, 6.07) is 66.6. The van der Waals surface area contributed by atoms with E-state index in [1.807, 2.05) is 6.20 Å². The fraction of sp³-hybridized carbons (Fsp3) is 0. The molecule has 9 aromatic carbocycles. The minimum Gasteiger partial charge on any atom is -0.256 e. The van der Waals surface area contributed by atoms with Gasteiger partial charge in [0.15, 0.2) is 0 Å². The smallest absolute Gasteiger partial charge is 0.0714 e. The lowest BCUT2D eigenvalue weighted by Crippen LogP contribution is -1.94. The van der Waals surface area contributed by atoms with Gasteiger partial charge in [-0.25, -0.2) is 0 Å². The number of pyridine rings is 1. The van der Waals surface area contributed by atoms with Crippen molar-refractivity contribution in [1.82, 2.24) is 4.98 Å². The highest BCUT2D eigenvalue weighted by atomic mass is 14.6. The van der Waals surface area contributed by atoms with Gasteiger partial charge in [0, 0.05) is 17.0 Å². The quantitative estimate of drug-likeness (QED) is 0.172. The molecule has 0 N–H and O–H groups in total. The van der Waals surface area contributed by atoms with Gasteiger partial charge in [-0.05, 0) is 106 Å². The van der Waals surface area contributed by atoms with Crippen LogP contribution in [0.5, 0.6) is 0 Å². The van der Waals surface area contributed by atoms with Crippen LogP contribution < -0.4 is 0 Å². The molecule has 0 fully saturated rings. The summed E-state index contributed by atoms with van der Waals surface area (Å²) in [5.41, 5.74) is 16.0. The highest BCUT2D eigenvalue weighted by Gasteiger charge is 2.30. The second kappa shape index (κ2) is 11.3. The minimum atomic E-state index is 1.01. The number of benzene rings is 9. The third-order valence-electron chi connectivity index (χ3n) is 11.0. The number of hydrogen-bond donors (Lipinski definition) is 0. The normalized spacial score (nSPS) is 11.8. The van der Waals surface area contributed by atoms with Crippen molar-refractivity contribution in [2.75, 3.05) is 0 Å². The van der Waals surface area contributed by atoms with Gasteiger partial charge in [0.2, 0.25) is 0 Å². The van der Waals surface area contributed by atoms with Gasteiger partial charge < -0.3 is 0 Å². The summed E-state index contributed by atoms with van der Waals surface area (Å²) in [4.78, 5) is 4.96. The SMILES string of the molecule is c1ccc(-c2cc(-c3ccc(-c4ccc5c(c4)ncc4c6ccccc6ccc54)cc3)c(-c3ccccc3)c3c2-c2cccc4cccc-3c24)cc1. The summed E-state index contributed by atoms with van der Waals surface area (Å²) in [6.45, 7) is 0. The molecule has 1 nitrogen and oxygen atoms in total. The average molecular weight is 658 g/mol. The van der Waals surface area contributed by atoms with Gasteiger partial charge in [0.1, 0.15) is 0 Å². The second-order valence-electron chi connectivity index (χ2n) is 13.9. The van der Waals surface area contributed by atoms with Crippen LogP contribution >= 0.6 is 0 Å². The molecule has 11 rings (SSSR count). The number of aromatic nitrogens is 1. The van der Waals surface area contributed by atoms with Gasteiger partial charge >= 0.3 is 0 Å². The standard InChI is InChI=1S/C51H31N/c1-3-11-33(12-4-1)45-30-44(49(37-14-5-2-6-15-37)51-43-20-10-17-36-16-9-19-42(48(36)43)50(45)51)35-23-21-32(22-24-35)38-26-28-41-40-27-25-34-13-7-8-18-39(34)46(40)31-52-47(41)29-38/h1-31H. The van der Waals surface area contributed by atoms with Crippen molar-refractivity contribution < 1.29 is 0 Å². The molecule has 10 aromatic rings. The molecule has 1 aliphatic rings. The van der Waals surface area contributed by atoms with Crippen molar-refractivity contribution in [3.8, 4) is 66.8 Å². The predicted molar refractivity (Wildman–Crippen MR) is 220 cm³/mol. The first kappa shape index (κ1) is 29.0. The Morgan fingerprint density at radius 1 is 0.288 bits per heavy atom. The Kier molecular flexibility index (Phi) is 6.32. The van der Waals surface area contributed by atoms with Crippen LogP contribution in [0.15, 0.2) is 188 Å². The summed E-state index contributed by atoms with van der Waals surface area (Å²) in [7, 11) is 0. The van der Waals surface area contributed by atoms with E-state index in [9.17, 15) is 0 Å². The molecule has 0 aliphatic heterocycles. The molecular weight excluding hydrogens is 627 g/mol.